The number of H-pyrrole nitrogens is 2. The molecule has 37 heteroatoms. The molecule has 2 aliphatic heterocycles. The molecule has 8 aromatic rings. The number of nitrogens with one attached hydrogen (secondary N) is 6. The van der Waals surface area contributed by atoms with Crippen molar-refractivity contribution in [3.05, 3.63) is 60.7 Å². The van der Waals surface area contributed by atoms with E-state index in [-0.39, 0.29) is 65.0 Å². The normalized spacial score (nSPS) is 17.9. The maximum Gasteiger partial charge on any atom is 0.322 e. The number of carboxylic acid groups (broad SMARTS) is 1. The summed E-state index contributed by atoms with van der Waals surface area (Å²) >= 11 is 2.45. The van der Waals surface area contributed by atoms with E-state index in [4.69, 9.17) is 31.6 Å². The molecule has 2 aliphatic rings. The molecule has 0 radical (unpaired) electrons. The van der Waals surface area contributed by atoms with Gasteiger partial charge in [0, 0.05) is 43.4 Å². The van der Waals surface area contributed by atoms with Crippen molar-refractivity contribution in [3.63, 3.8) is 0 Å². The Kier molecular flexibility index (Phi) is 16.1. The fraction of sp³-hybridized carbons (Fsp3) is 0.250. The van der Waals surface area contributed by atoms with Gasteiger partial charge in [-0.3, -0.25) is 9.59 Å². The van der Waals surface area contributed by atoms with Crippen molar-refractivity contribution in [2.75, 3.05) is 38.8 Å². The van der Waals surface area contributed by atoms with Crippen LogP contribution in [0.3, 0.4) is 0 Å². The lowest BCUT2D eigenvalue weighted by Gasteiger charge is -2.18. The first-order valence-corrected chi connectivity index (χ1v) is 29.6. The molecule has 6 heterocycles. The summed E-state index contributed by atoms with van der Waals surface area (Å²) in [5.74, 6) is -2.09. The molecule has 0 aliphatic carbocycles. The number of primary sulfonamides is 2. The molecule has 16 N–H and O–H groups in total. The summed E-state index contributed by atoms with van der Waals surface area (Å²) in [6, 6.07) is 12.2. The lowest BCUT2D eigenvalue weighted by molar-refractivity contribution is -0.142. The number of nitrogens with two attached hydrogens (primary N) is 4. The van der Waals surface area contributed by atoms with Gasteiger partial charge in [0.15, 0.2) is 10.3 Å². The Balaban J connectivity index is 0.000000197. The van der Waals surface area contributed by atoms with Gasteiger partial charge >= 0.3 is 11.9 Å². The van der Waals surface area contributed by atoms with Crippen LogP contribution in [0.25, 0.3) is 65.5 Å². The molecule has 0 amide bonds. The van der Waals surface area contributed by atoms with Crippen LogP contribution < -0.4 is 41.8 Å². The summed E-state index contributed by atoms with van der Waals surface area (Å²) in [6.45, 7) is 0.149. The first-order valence-electron chi connectivity index (χ1n) is 21.9. The van der Waals surface area contributed by atoms with Crippen LogP contribution in [-0.2, 0) is 54.4 Å². The van der Waals surface area contributed by atoms with Gasteiger partial charge in [0.25, 0.3) is 0 Å². The number of nitrogen functional groups attached to an aromatic ring is 2. The van der Waals surface area contributed by atoms with Gasteiger partial charge in [-0.25, -0.2) is 63.4 Å². The molecule has 0 bridgehead atoms. The second kappa shape index (κ2) is 22.1. The first kappa shape index (κ1) is 56.1. The van der Waals surface area contributed by atoms with E-state index in [0.29, 0.717) is 32.0 Å². The number of carbonyl (C=O) groups is 2. The number of nitrogens with zero attached hydrogens (tertiary/aromatic N) is 8. The Hall–Kier alpha value is -7.14. The second-order valence-electron chi connectivity index (χ2n) is 16.5. The number of rotatable bonds is 14. The smallest absolute Gasteiger partial charge is 0.322 e. The zero-order valence-corrected chi connectivity index (χ0v) is 44.5. The molecule has 4 aromatic heterocycles. The van der Waals surface area contributed by atoms with E-state index in [2.05, 4.69) is 71.3 Å². The monoisotopic (exact) mass is 1180 g/mol. The zero-order chi connectivity index (χ0) is 55.8. The van der Waals surface area contributed by atoms with Gasteiger partial charge in [-0.05, 0) is 58.7 Å². The number of methoxy groups -OCH3 is 1. The number of carboxylic acids is 1. The molecular formula is C40H44N18O13S6. The quantitative estimate of drug-likeness (QED) is 0.0559. The standard InChI is InChI=1S/C20H21N9O6S3.C19H19N9O6S3.CH4O/c1-35-19(30)12-7-9(8-23-12)27-38(33,34)14-6-5-10(11-3-2-4-13-16(11)24-20(21)36-13)15(17(14)37(22,31)32)18-25-28-29-26-18;20-19-23-15-10(2-1-3-12(15)35-19)9-4-5-13(16(36(21,31)32)14(9)17-24-27-28-25-17)37(33,34)26-8-6-11(18(29)30)22-7-8;1-2/h2-6,9,12,23,27H,7-8H2,1H3,(H2,21,24)(H2,22,31,32)(H,25,26,28,29);1-5,8,11,22,26H,6-7H2,(H2,20,23)(H,29,30)(H2,21,31,32)(H,24,25,27,28);2H,1H3/t9-,12-;8-,11-;/m11./s1. The van der Waals surface area contributed by atoms with Crippen molar-refractivity contribution in [3.8, 4) is 45.0 Å². The van der Waals surface area contributed by atoms with E-state index in [1.165, 1.54) is 41.9 Å². The van der Waals surface area contributed by atoms with Crippen LogP contribution in [0.15, 0.2) is 80.2 Å². The van der Waals surface area contributed by atoms with Crippen molar-refractivity contribution >= 4 is 105 Å². The van der Waals surface area contributed by atoms with E-state index in [9.17, 15) is 48.4 Å². The van der Waals surface area contributed by atoms with Crippen LogP contribution in [0.1, 0.15) is 12.8 Å². The number of hydrogen-bond acceptors (Lipinski definition) is 26. The van der Waals surface area contributed by atoms with Crippen LogP contribution in [0.5, 0.6) is 0 Å². The average Bonchev–Trinajstić information content (AvgIpc) is 4.25. The number of ether oxygens (including phenoxy) is 1. The molecule has 10 rings (SSSR count). The highest BCUT2D eigenvalue weighted by molar-refractivity contribution is 7.93. The third-order valence-electron chi connectivity index (χ3n) is 11.7. The second-order valence-corrected chi connectivity index (χ2v) is 25.0. The van der Waals surface area contributed by atoms with E-state index in [1.807, 2.05) is 0 Å². The Morgan fingerprint density at radius 3 is 1.42 bits per heavy atom. The fourth-order valence-electron chi connectivity index (χ4n) is 8.64. The number of anilines is 2. The number of sulfonamides is 4. The van der Waals surface area contributed by atoms with Crippen LogP contribution >= 0.6 is 22.7 Å². The highest BCUT2D eigenvalue weighted by Gasteiger charge is 2.39. The fourth-order valence-corrected chi connectivity index (χ4v) is 15.9. The minimum absolute atomic E-state index is 0.0317. The van der Waals surface area contributed by atoms with Gasteiger partial charge < -0.3 is 37.1 Å². The third kappa shape index (κ3) is 11.6. The highest BCUT2D eigenvalue weighted by atomic mass is 32.2. The largest absolute Gasteiger partial charge is 0.480 e. The lowest BCUT2D eigenvalue weighted by atomic mass is 9.98. The third-order valence-corrected chi connectivity index (χ3v) is 18.7. The number of para-hydroxylation sites is 2. The molecule has 31 nitrogen and oxygen atoms in total. The van der Waals surface area contributed by atoms with Crippen molar-refractivity contribution < 1.29 is 58.2 Å². The highest BCUT2D eigenvalue weighted by Crippen LogP contribution is 2.44. The molecule has 0 unspecified atom stereocenters. The minimum Gasteiger partial charge on any atom is -0.480 e. The topological polar surface area (TPSA) is 507 Å². The molecule has 0 saturated carbocycles. The molecule has 2 fully saturated rings. The number of fused-ring (bicyclic) bond motifs is 2. The first-order chi connectivity index (χ1) is 36.4. The number of aliphatic hydroxyl groups is 1. The molecule has 4 aromatic carbocycles. The van der Waals surface area contributed by atoms with Crippen LogP contribution in [-0.4, -0.2) is 159 Å². The van der Waals surface area contributed by atoms with Gasteiger partial charge in [-0.15, -0.1) is 20.4 Å². The van der Waals surface area contributed by atoms with Gasteiger partial charge in [-0.1, -0.05) is 59.1 Å². The number of esters is 1. The molecule has 4 atom stereocenters. The number of aliphatic carboxylic acids is 1. The van der Waals surface area contributed by atoms with Crippen molar-refractivity contribution in [1.29, 1.82) is 0 Å². The minimum atomic E-state index is -4.70. The van der Waals surface area contributed by atoms with Crippen molar-refractivity contribution in [2.24, 2.45) is 10.3 Å². The number of aliphatic hydroxyl groups excluding tert-OH is 1. The number of carbonyl (C=O) groups excluding carboxylic acids is 1. The SMILES string of the molecule is CO.COC(=O)[C@H]1C[C@@H](NS(=O)(=O)c2ccc(-c3cccc4sc(N)nc34)c(-c3nn[nH]n3)c2S(N)(=O)=O)CN1.Nc1nc2c(-c3ccc(S(=O)(=O)N[C@H]4CN[C@@H](C(=O)O)C4)c(S(N)(=O)=O)c3-c3nn[nH]n3)cccc2s1. The Morgan fingerprint density at radius 2 is 1.05 bits per heavy atom. The van der Waals surface area contributed by atoms with Gasteiger partial charge in [0.1, 0.15) is 31.7 Å². The zero-order valence-electron chi connectivity index (χ0n) is 39.6. The van der Waals surface area contributed by atoms with Crippen LogP contribution in [0, 0.1) is 0 Å². The lowest BCUT2D eigenvalue weighted by Crippen LogP contribution is -2.37. The van der Waals surface area contributed by atoms with Gasteiger partial charge in [-0.2, -0.15) is 10.4 Å². The van der Waals surface area contributed by atoms with E-state index in [1.54, 1.807) is 36.4 Å². The molecule has 0 spiro atoms. The van der Waals surface area contributed by atoms with Crippen molar-refractivity contribution in [1.82, 2.24) is 71.3 Å². The summed E-state index contributed by atoms with van der Waals surface area (Å²) in [5, 5.41) is 60.6. The predicted octanol–water partition coefficient (Wildman–Crippen LogP) is -1.37. The molecule has 77 heavy (non-hydrogen) atoms. The Bertz CT molecular complexity index is 4010. The Labute approximate surface area is 443 Å². The van der Waals surface area contributed by atoms with E-state index < -0.39 is 95.8 Å². The number of aromatic nitrogens is 10. The average molecular weight is 1180 g/mol. The van der Waals surface area contributed by atoms with Crippen LogP contribution in [0.4, 0.5) is 10.3 Å². The van der Waals surface area contributed by atoms with E-state index in [0.717, 1.165) is 23.9 Å². The van der Waals surface area contributed by atoms with Crippen LogP contribution in [0.2, 0.25) is 0 Å². The number of thiazole rings is 2. The summed E-state index contributed by atoms with van der Waals surface area (Å²) in [4.78, 5) is 29.0. The number of benzene rings is 4. The number of tetrazole rings is 2. The maximum absolute atomic E-state index is 13.5. The van der Waals surface area contributed by atoms with E-state index >= 15 is 0 Å². The summed E-state index contributed by atoms with van der Waals surface area (Å²) in [5.41, 5.74) is 13.7. The summed E-state index contributed by atoms with van der Waals surface area (Å²) in [6.07, 6.45) is 0.0575. The molecular weight excluding hydrogens is 1130 g/mol. The number of hydrogen-bond donors (Lipinski definition) is 12. The summed E-state index contributed by atoms with van der Waals surface area (Å²) in [7, 11) is -16.2. The van der Waals surface area contributed by atoms with Crippen molar-refractivity contribution in [2.45, 2.75) is 56.6 Å². The predicted molar refractivity (Wildman–Crippen MR) is 277 cm³/mol. The molecule has 408 valence electrons. The molecule has 2 saturated heterocycles. The Morgan fingerprint density at radius 1 is 0.636 bits per heavy atom. The van der Waals surface area contributed by atoms with Gasteiger partial charge in [0.2, 0.25) is 51.7 Å². The maximum atomic E-state index is 13.5. The summed E-state index contributed by atoms with van der Waals surface area (Å²) < 4.78 is 117. The number of aromatic amines is 2. The van der Waals surface area contributed by atoms with Gasteiger partial charge in [0.05, 0.1) is 38.7 Å².